The number of carbonyl (C=O) groups is 3. The van der Waals surface area contributed by atoms with Crippen molar-refractivity contribution in [2.75, 3.05) is 7.11 Å². The lowest BCUT2D eigenvalue weighted by atomic mass is 10.00. The van der Waals surface area contributed by atoms with Crippen LogP contribution < -0.4 is 14.8 Å². The van der Waals surface area contributed by atoms with E-state index in [1.165, 1.54) is 37.6 Å². The van der Waals surface area contributed by atoms with Crippen molar-refractivity contribution in [2.45, 2.75) is 25.8 Å². The maximum absolute atomic E-state index is 13.0. The lowest BCUT2D eigenvalue weighted by molar-refractivity contribution is -0.130. The molecule has 3 amide bonds. The van der Waals surface area contributed by atoms with Gasteiger partial charge >= 0.3 is 12.0 Å². The summed E-state index contributed by atoms with van der Waals surface area (Å²) < 4.78 is 23.6. The Labute approximate surface area is 172 Å². The Kier molecular flexibility index (Phi) is 5.81. The second-order valence-electron chi connectivity index (χ2n) is 6.78. The first-order valence-corrected chi connectivity index (χ1v) is 9.14. The zero-order valence-corrected chi connectivity index (χ0v) is 16.6. The number of rotatable bonds is 6. The molecule has 1 unspecified atom stereocenters. The molecule has 2 aromatic rings. The lowest BCUT2D eigenvalue weighted by Crippen LogP contribution is -2.42. The number of nitrogens with zero attached hydrogens (tertiary/aromatic N) is 2. The van der Waals surface area contributed by atoms with Gasteiger partial charge in [0.05, 0.1) is 18.9 Å². The summed E-state index contributed by atoms with van der Waals surface area (Å²) in [6, 6.07) is 8.95. The largest absolute Gasteiger partial charge is 0.493 e. The molecule has 1 aliphatic rings. The maximum atomic E-state index is 13.0. The lowest BCUT2D eigenvalue weighted by Gasteiger charge is -2.17. The summed E-state index contributed by atoms with van der Waals surface area (Å²) in [5.41, 5.74) is -0.286. The van der Waals surface area contributed by atoms with E-state index in [2.05, 4.69) is 10.4 Å². The summed E-state index contributed by atoms with van der Waals surface area (Å²) in [4.78, 5) is 36.6. The van der Waals surface area contributed by atoms with Gasteiger partial charge in [-0.05, 0) is 61.4 Å². The minimum Gasteiger partial charge on any atom is -0.493 e. The van der Waals surface area contributed by atoms with E-state index in [1.54, 1.807) is 19.9 Å². The first-order valence-electron chi connectivity index (χ1n) is 9.14. The molecule has 1 atom stereocenters. The maximum Gasteiger partial charge on any atom is 0.346 e. The van der Waals surface area contributed by atoms with Crippen LogP contribution in [0, 0.1) is 5.82 Å². The van der Waals surface area contributed by atoms with Gasteiger partial charge in [-0.1, -0.05) is 6.92 Å². The molecule has 2 aromatic carbocycles. The number of benzene rings is 2. The molecule has 0 aliphatic carbocycles. The normalized spacial score (nSPS) is 18.6. The molecule has 0 bridgehead atoms. The van der Waals surface area contributed by atoms with E-state index in [4.69, 9.17) is 9.47 Å². The number of hydrogen-bond acceptors (Lipinski definition) is 6. The van der Waals surface area contributed by atoms with Gasteiger partial charge < -0.3 is 14.8 Å². The van der Waals surface area contributed by atoms with E-state index in [-0.39, 0.29) is 17.1 Å². The molecule has 30 heavy (non-hydrogen) atoms. The van der Waals surface area contributed by atoms with Crippen LogP contribution in [0.15, 0.2) is 47.6 Å². The summed E-state index contributed by atoms with van der Waals surface area (Å²) >= 11 is 0. The molecule has 9 heteroatoms. The smallest absolute Gasteiger partial charge is 0.346 e. The minimum atomic E-state index is -0.982. The van der Waals surface area contributed by atoms with Gasteiger partial charge in [-0.15, -0.1) is 5.01 Å². The fourth-order valence-corrected chi connectivity index (χ4v) is 2.73. The fourth-order valence-electron chi connectivity index (χ4n) is 2.73. The van der Waals surface area contributed by atoms with Crippen LogP contribution in [-0.4, -0.2) is 41.8 Å². The Morgan fingerprint density at radius 1 is 1.20 bits per heavy atom. The average molecular weight is 413 g/mol. The third kappa shape index (κ3) is 4.14. The van der Waals surface area contributed by atoms with Crippen molar-refractivity contribution in [3.8, 4) is 11.5 Å². The standard InChI is InChI=1S/C21H20FN3O5/c1-4-21(2)19(27)25(20(28)24-21)23-12-13-5-10-16(17(11-13)29-3)30-18(26)14-6-8-15(22)9-7-14/h5-12H,4H2,1-3H3,(H,24,28). The van der Waals surface area contributed by atoms with Crippen LogP contribution in [0.1, 0.15) is 36.2 Å². The Hall–Kier alpha value is -3.75. The molecule has 0 spiro atoms. The van der Waals surface area contributed by atoms with Crippen molar-refractivity contribution in [1.82, 2.24) is 10.3 Å². The van der Waals surface area contributed by atoms with E-state index >= 15 is 0 Å². The molecular formula is C21H20FN3O5. The van der Waals surface area contributed by atoms with E-state index in [0.717, 1.165) is 17.1 Å². The molecule has 156 valence electrons. The third-order valence-electron chi connectivity index (χ3n) is 4.74. The molecule has 8 nitrogen and oxygen atoms in total. The van der Waals surface area contributed by atoms with Gasteiger partial charge in [0.15, 0.2) is 11.5 Å². The minimum absolute atomic E-state index is 0.150. The van der Waals surface area contributed by atoms with Crippen molar-refractivity contribution >= 4 is 24.1 Å². The van der Waals surface area contributed by atoms with Crippen LogP contribution in [0.3, 0.4) is 0 Å². The number of methoxy groups -OCH3 is 1. The van der Waals surface area contributed by atoms with Crippen LogP contribution in [0.4, 0.5) is 9.18 Å². The summed E-state index contributed by atoms with van der Waals surface area (Å²) in [7, 11) is 1.40. The number of ether oxygens (including phenoxy) is 2. The number of amides is 3. The molecule has 1 fully saturated rings. The zero-order valence-electron chi connectivity index (χ0n) is 16.6. The second-order valence-corrected chi connectivity index (χ2v) is 6.78. The van der Waals surface area contributed by atoms with Gasteiger partial charge in [0.25, 0.3) is 5.91 Å². The predicted octanol–water partition coefficient (Wildman–Crippen LogP) is 3.11. The molecule has 1 saturated heterocycles. The van der Waals surface area contributed by atoms with Crippen molar-refractivity contribution < 1.29 is 28.2 Å². The highest BCUT2D eigenvalue weighted by Gasteiger charge is 2.46. The number of nitrogens with one attached hydrogen (secondary N) is 1. The predicted molar refractivity (Wildman–Crippen MR) is 106 cm³/mol. The first-order chi connectivity index (χ1) is 14.3. The Bertz CT molecular complexity index is 1020. The Morgan fingerprint density at radius 3 is 2.50 bits per heavy atom. The Balaban J connectivity index is 1.76. The number of hydrogen-bond donors (Lipinski definition) is 1. The number of carbonyl (C=O) groups excluding carboxylic acids is 3. The van der Waals surface area contributed by atoms with E-state index in [0.29, 0.717) is 12.0 Å². The monoisotopic (exact) mass is 413 g/mol. The molecular weight excluding hydrogens is 393 g/mol. The SMILES string of the molecule is CCC1(C)NC(=O)N(N=Cc2ccc(OC(=O)c3ccc(F)cc3)c(OC)c2)C1=O. The number of halogens is 1. The van der Waals surface area contributed by atoms with Gasteiger partial charge in [0, 0.05) is 0 Å². The van der Waals surface area contributed by atoms with Crippen molar-refractivity contribution in [2.24, 2.45) is 5.10 Å². The van der Waals surface area contributed by atoms with E-state index in [1.807, 2.05) is 0 Å². The summed E-state index contributed by atoms with van der Waals surface area (Å²) in [5, 5.41) is 7.35. The zero-order chi connectivity index (χ0) is 21.9. The highest BCUT2D eigenvalue weighted by molar-refractivity contribution is 6.07. The molecule has 0 saturated carbocycles. The van der Waals surface area contributed by atoms with Gasteiger partial charge in [0.1, 0.15) is 11.4 Å². The van der Waals surface area contributed by atoms with Crippen LogP contribution in [-0.2, 0) is 4.79 Å². The molecule has 0 aromatic heterocycles. The number of esters is 1. The van der Waals surface area contributed by atoms with Crippen molar-refractivity contribution in [3.05, 3.63) is 59.4 Å². The number of urea groups is 1. The fraction of sp³-hybridized carbons (Fsp3) is 0.238. The van der Waals surface area contributed by atoms with Crippen molar-refractivity contribution in [1.29, 1.82) is 0 Å². The molecule has 1 heterocycles. The van der Waals surface area contributed by atoms with Gasteiger partial charge in [-0.3, -0.25) is 4.79 Å². The van der Waals surface area contributed by atoms with Crippen LogP contribution in [0.2, 0.25) is 0 Å². The number of imide groups is 1. The Morgan fingerprint density at radius 2 is 1.90 bits per heavy atom. The highest BCUT2D eigenvalue weighted by atomic mass is 19.1. The molecule has 1 aliphatic heterocycles. The first kappa shape index (κ1) is 21.0. The third-order valence-corrected chi connectivity index (χ3v) is 4.74. The van der Waals surface area contributed by atoms with Gasteiger partial charge in [-0.2, -0.15) is 5.10 Å². The van der Waals surface area contributed by atoms with E-state index < -0.39 is 29.3 Å². The molecule has 3 rings (SSSR count). The average Bonchev–Trinajstić information content (AvgIpc) is 2.96. The molecule has 1 N–H and O–H groups in total. The van der Waals surface area contributed by atoms with Crippen LogP contribution in [0.25, 0.3) is 0 Å². The topological polar surface area (TPSA) is 97.3 Å². The van der Waals surface area contributed by atoms with Gasteiger partial charge in [0.2, 0.25) is 0 Å². The second kappa shape index (κ2) is 8.32. The summed E-state index contributed by atoms with van der Waals surface area (Å²) in [6.45, 7) is 3.43. The number of hydrazone groups is 1. The van der Waals surface area contributed by atoms with E-state index in [9.17, 15) is 18.8 Å². The van der Waals surface area contributed by atoms with Crippen LogP contribution in [0.5, 0.6) is 11.5 Å². The van der Waals surface area contributed by atoms with Gasteiger partial charge in [-0.25, -0.2) is 14.0 Å². The molecule has 0 radical (unpaired) electrons. The summed E-state index contributed by atoms with van der Waals surface area (Å²) in [6.07, 6.45) is 1.76. The quantitative estimate of drug-likeness (QED) is 0.340. The van der Waals surface area contributed by atoms with Crippen LogP contribution >= 0.6 is 0 Å². The van der Waals surface area contributed by atoms with Crippen molar-refractivity contribution in [3.63, 3.8) is 0 Å². The summed E-state index contributed by atoms with van der Waals surface area (Å²) in [5.74, 6) is -1.18. The highest BCUT2D eigenvalue weighted by Crippen LogP contribution is 2.29.